The Kier molecular flexibility index (Phi) is 3.93. The molecule has 4 aliphatic rings. The number of aromatic amines is 2. The van der Waals surface area contributed by atoms with Crippen molar-refractivity contribution in [2.45, 2.75) is 57.2 Å². The smallest absolute Gasteiger partial charge is 0.323 e. The fourth-order valence-corrected chi connectivity index (χ4v) is 6.15. The fraction of sp³-hybridized carbons (Fsp3) is 0.571. The molecule has 1 heterocycles. The highest BCUT2D eigenvalue weighted by atomic mass is 16.5. The van der Waals surface area contributed by atoms with E-state index in [4.69, 9.17) is 4.74 Å². The molecule has 0 radical (unpaired) electrons. The first-order chi connectivity index (χ1) is 13.7. The number of carbonyl (C=O) groups excluding carboxylic acids is 2. The van der Waals surface area contributed by atoms with E-state index in [1.54, 1.807) is 25.1 Å². The van der Waals surface area contributed by atoms with Gasteiger partial charge in [0.1, 0.15) is 0 Å². The minimum absolute atomic E-state index is 0.317. The van der Waals surface area contributed by atoms with Crippen molar-refractivity contribution < 1.29 is 19.4 Å². The summed E-state index contributed by atoms with van der Waals surface area (Å²) in [5, 5.41) is 13.6. The number of esters is 1. The van der Waals surface area contributed by atoms with Crippen molar-refractivity contribution in [3.63, 3.8) is 0 Å². The molecule has 8 heteroatoms. The first kappa shape index (κ1) is 18.4. The number of anilines is 1. The zero-order valence-corrected chi connectivity index (χ0v) is 16.3. The molecule has 0 unspecified atom stereocenters. The minimum atomic E-state index is -0.953. The number of rotatable bonds is 4. The number of fused-ring (bicyclic) bond motifs is 1. The molecule has 1 aromatic carbocycles. The predicted octanol–water partition coefficient (Wildman–Crippen LogP) is 2.06. The molecule has 4 saturated carbocycles. The van der Waals surface area contributed by atoms with Gasteiger partial charge in [-0.1, -0.05) is 0 Å². The number of imidazole rings is 1. The number of benzene rings is 1. The van der Waals surface area contributed by atoms with Crippen LogP contribution in [0.1, 0.15) is 45.4 Å². The monoisotopic (exact) mass is 399 g/mol. The largest absolute Gasteiger partial charge is 0.452 e. The number of carbonyl (C=O) groups is 2. The fourth-order valence-electron chi connectivity index (χ4n) is 6.15. The maximum absolute atomic E-state index is 13.0. The van der Waals surface area contributed by atoms with Gasteiger partial charge in [-0.25, -0.2) is 4.79 Å². The highest BCUT2D eigenvalue weighted by Crippen LogP contribution is 2.62. The molecule has 154 valence electrons. The summed E-state index contributed by atoms with van der Waals surface area (Å²) in [6.45, 7) is 1.55. The molecule has 29 heavy (non-hydrogen) atoms. The molecule has 4 bridgehead atoms. The van der Waals surface area contributed by atoms with E-state index in [9.17, 15) is 19.5 Å². The van der Waals surface area contributed by atoms with Crippen LogP contribution in [0, 0.1) is 17.3 Å². The molecule has 6 rings (SSSR count). The third-order valence-electron chi connectivity index (χ3n) is 6.90. The van der Waals surface area contributed by atoms with Gasteiger partial charge in [-0.2, -0.15) is 0 Å². The van der Waals surface area contributed by atoms with E-state index in [2.05, 4.69) is 15.3 Å². The molecule has 4 N–H and O–H groups in total. The van der Waals surface area contributed by atoms with Crippen molar-refractivity contribution in [3.05, 3.63) is 28.7 Å². The lowest BCUT2D eigenvalue weighted by molar-refractivity contribution is -0.199. The maximum Gasteiger partial charge on any atom is 0.323 e. The second-order valence-electron chi connectivity index (χ2n) is 9.34. The molecule has 1 amide bonds. The molecule has 3 atom stereocenters. The Labute approximate surface area is 167 Å². The van der Waals surface area contributed by atoms with E-state index in [0.717, 1.165) is 32.1 Å². The summed E-state index contributed by atoms with van der Waals surface area (Å²) in [5.74, 6) is -0.0570. The van der Waals surface area contributed by atoms with Crippen molar-refractivity contribution in [3.8, 4) is 0 Å². The van der Waals surface area contributed by atoms with Crippen LogP contribution in [0.15, 0.2) is 23.0 Å². The van der Waals surface area contributed by atoms with Crippen LogP contribution in [0.4, 0.5) is 5.69 Å². The van der Waals surface area contributed by atoms with Crippen LogP contribution in [-0.4, -0.2) is 38.7 Å². The second kappa shape index (κ2) is 6.19. The molecule has 0 aliphatic heterocycles. The standard InChI is InChI=1S/C21H25N3O5/c1-11(17(25)22-14-2-3-15-16(5-14)24-19(27)23-15)29-18(26)20-6-12-4-13(7-20)9-21(28,8-12)10-20/h2-3,5,11-13,28H,4,6-10H2,1H3,(H,22,25)(H2,23,24,27)/t11-,12+,13+,20?,21?/m0/s1. The third-order valence-corrected chi connectivity index (χ3v) is 6.90. The van der Waals surface area contributed by atoms with Gasteiger partial charge in [-0.15, -0.1) is 0 Å². The normalized spacial score (nSPS) is 33.6. The van der Waals surface area contributed by atoms with Gasteiger partial charge < -0.3 is 25.1 Å². The first-order valence-corrected chi connectivity index (χ1v) is 10.2. The molecule has 2 aromatic rings. The SMILES string of the molecule is C[C@H](OC(=O)C12C[C@H]3C[C@@H](CC(O)(C3)C1)C2)C(=O)Nc1ccc2[nH]c(=O)[nH]c2c1. The van der Waals surface area contributed by atoms with Gasteiger partial charge in [-0.05, 0) is 75.5 Å². The lowest BCUT2D eigenvalue weighted by Gasteiger charge is -2.58. The lowest BCUT2D eigenvalue weighted by Crippen LogP contribution is -2.59. The van der Waals surface area contributed by atoms with Crippen LogP contribution >= 0.6 is 0 Å². The van der Waals surface area contributed by atoms with Crippen LogP contribution in [0.25, 0.3) is 11.0 Å². The Morgan fingerprint density at radius 1 is 1.17 bits per heavy atom. The number of aliphatic hydroxyl groups is 1. The van der Waals surface area contributed by atoms with Gasteiger partial charge in [0.25, 0.3) is 5.91 Å². The van der Waals surface area contributed by atoms with Crippen molar-refractivity contribution in [1.29, 1.82) is 0 Å². The van der Waals surface area contributed by atoms with E-state index in [1.165, 1.54) is 0 Å². The summed E-state index contributed by atoms with van der Waals surface area (Å²) < 4.78 is 5.58. The number of hydrogen-bond donors (Lipinski definition) is 4. The number of ether oxygens (including phenoxy) is 1. The van der Waals surface area contributed by atoms with E-state index < -0.39 is 23.0 Å². The van der Waals surface area contributed by atoms with Gasteiger partial charge in [0, 0.05) is 5.69 Å². The summed E-state index contributed by atoms with van der Waals surface area (Å²) in [6.07, 6.45) is 3.62. The number of hydrogen-bond acceptors (Lipinski definition) is 5. The van der Waals surface area contributed by atoms with Gasteiger partial charge in [0.2, 0.25) is 0 Å². The molecule has 4 aliphatic carbocycles. The Morgan fingerprint density at radius 3 is 2.55 bits per heavy atom. The number of aromatic nitrogens is 2. The summed E-state index contributed by atoms with van der Waals surface area (Å²) in [4.78, 5) is 42.2. The summed E-state index contributed by atoms with van der Waals surface area (Å²) in [6, 6.07) is 5.01. The van der Waals surface area contributed by atoms with Crippen LogP contribution in [0.2, 0.25) is 0 Å². The van der Waals surface area contributed by atoms with Crippen LogP contribution in [0.5, 0.6) is 0 Å². The predicted molar refractivity (Wildman–Crippen MR) is 105 cm³/mol. The molecular formula is C21H25N3O5. The van der Waals surface area contributed by atoms with Crippen LogP contribution in [-0.2, 0) is 14.3 Å². The lowest BCUT2D eigenvalue weighted by atomic mass is 9.48. The third kappa shape index (κ3) is 3.15. The number of amides is 1. The quantitative estimate of drug-likeness (QED) is 0.586. The zero-order chi connectivity index (χ0) is 20.4. The molecule has 8 nitrogen and oxygen atoms in total. The highest BCUT2D eigenvalue weighted by molar-refractivity contribution is 5.96. The Bertz CT molecular complexity index is 1040. The van der Waals surface area contributed by atoms with Crippen molar-refractivity contribution >= 4 is 28.6 Å². The van der Waals surface area contributed by atoms with E-state index in [0.29, 0.717) is 35.0 Å². The molecule has 0 saturated heterocycles. The zero-order valence-electron chi connectivity index (χ0n) is 16.3. The van der Waals surface area contributed by atoms with E-state index >= 15 is 0 Å². The van der Waals surface area contributed by atoms with Crippen LogP contribution < -0.4 is 11.0 Å². The average molecular weight is 399 g/mol. The van der Waals surface area contributed by atoms with E-state index in [1.807, 2.05) is 0 Å². The number of nitrogens with one attached hydrogen (secondary N) is 3. The second-order valence-corrected chi connectivity index (χ2v) is 9.34. The van der Waals surface area contributed by atoms with E-state index in [-0.39, 0.29) is 11.7 Å². The molecule has 4 fully saturated rings. The molecular weight excluding hydrogens is 374 g/mol. The molecule has 0 spiro atoms. The molecule has 1 aromatic heterocycles. The Morgan fingerprint density at radius 2 is 1.86 bits per heavy atom. The summed E-state index contributed by atoms with van der Waals surface area (Å²) >= 11 is 0. The van der Waals surface area contributed by atoms with Crippen molar-refractivity contribution in [2.24, 2.45) is 17.3 Å². The van der Waals surface area contributed by atoms with Gasteiger partial charge in [-0.3, -0.25) is 9.59 Å². The summed E-state index contributed by atoms with van der Waals surface area (Å²) in [5.41, 5.74) is 0.00762. The van der Waals surface area contributed by atoms with Crippen molar-refractivity contribution in [1.82, 2.24) is 9.97 Å². The average Bonchev–Trinajstić information content (AvgIpc) is 2.98. The van der Waals surface area contributed by atoms with Gasteiger partial charge in [0.15, 0.2) is 6.10 Å². The number of H-pyrrole nitrogens is 2. The van der Waals surface area contributed by atoms with Crippen molar-refractivity contribution in [2.75, 3.05) is 5.32 Å². The minimum Gasteiger partial charge on any atom is -0.452 e. The maximum atomic E-state index is 13.0. The summed E-state index contributed by atoms with van der Waals surface area (Å²) in [7, 11) is 0. The Balaban J connectivity index is 1.27. The topological polar surface area (TPSA) is 124 Å². The van der Waals surface area contributed by atoms with Gasteiger partial charge in [0.05, 0.1) is 22.0 Å². The van der Waals surface area contributed by atoms with Crippen LogP contribution in [0.3, 0.4) is 0 Å². The Hall–Kier alpha value is -2.61. The first-order valence-electron chi connectivity index (χ1n) is 10.2. The van der Waals surface area contributed by atoms with Gasteiger partial charge >= 0.3 is 11.7 Å². The highest BCUT2D eigenvalue weighted by Gasteiger charge is 2.61.